The molecule has 0 amide bonds. The second-order valence-corrected chi connectivity index (χ2v) is 2.66. The van der Waals surface area contributed by atoms with Crippen LogP contribution in [0, 0.1) is 6.92 Å². The van der Waals surface area contributed by atoms with E-state index in [2.05, 4.69) is 4.98 Å². The van der Waals surface area contributed by atoms with Crippen molar-refractivity contribution in [3.8, 4) is 0 Å². The van der Waals surface area contributed by atoms with Crippen molar-refractivity contribution in [1.82, 2.24) is 4.98 Å². The Kier molecular flexibility index (Phi) is 2.50. The lowest BCUT2D eigenvalue weighted by atomic mass is 10.1. The molecular formula is C8H11NO3. The molecule has 3 N–H and O–H groups in total. The smallest absolute Gasteiger partial charge is 0.307 e. The van der Waals surface area contributed by atoms with Crippen LogP contribution in [0.1, 0.15) is 16.8 Å². The van der Waals surface area contributed by atoms with Crippen LogP contribution >= 0.6 is 0 Å². The highest BCUT2D eigenvalue weighted by Gasteiger charge is 2.10. The third-order valence-electron chi connectivity index (χ3n) is 1.79. The Labute approximate surface area is 69.9 Å². The number of carbonyl (C=O) groups is 1. The molecule has 0 saturated carbocycles. The van der Waals surface area contributed by atoms with E-state index >= 15 is 0 Å². The first-order valence-electron chi connectivity index (χ1n) is 3.63. The van der Waals surface area contributed by atoms with Gasteiger partial charge in [0, 0.05) is 11.9 Å². The van der Waals surface area contributed by atoms with Crippen molar-refractivity contribution < 1.29 is 15.0 Å². The Morgan fingerprint density at radius 1 is 1.67 bits per heavy atom. The monoisotopic (exact) mass is 169 g/mol. The molecule has 0 aliphatic rings. The third-order valence-corrected chi connectivity index (χ3v) is 1.79. The first kappa shape index (κ1) is 8.80. The molecule has 66 valence electrons. The fourth-order valence-electron chi connectivity index (χ4n) is 1.15. The number of carboxylic acid groups (broad SMARTS) is 1. The minimum absolute atomic E-state index is 0.0365. The number of aryl methyl sites for hydroxylation is 1. The quantitative estimate of drug-likeness (QED) is 0.614. The van der Waals surface area contributed by atoms with E-state index in [0.717, 1.165) is 5.56 Å². The average molecular weight is 169 g/mol. The fraction of sp³-hybridized carbons (Fsp3) is 0.375. The van der Waals surface area contributed by atoms with E-state index in [1.807, 2.05) is 6.92 Å². The molecule has 0 aliphatic heterocycles. The van der Waals surface area contributed by atoms with E-state index in [1.165, 1.54) is 0 Å². The molecule has 0 fully saturated rings. The normalized spacial score (nSPS) is 10.2. The van der Waals surface area contributed by atoms with Gasteiger partial charge >= 0.3 is 5.97 Å². The van der Waals surface area contributed by atoms with Gasteiger partial charge in [-0.1, -0.05) is 0 Å². The van der Waals surface area contributed by atoms with Gasteiger partial charge in [0.05, 0.1) is 13.0 Å². The summed E-state index contributed by atoms with van der Waals surface area (Å²) in [6.45, 7) is 1.67. The number of aromatic amines is 1. The van der Waals surface area contributed by atoms with Crippen molar-refractivity contribution in [3.63, 3.8) is 0 Å². The minimum Gasteiger partial charge on any atom is -0.481 e. The molecule has 0 aromatic carbocycles. The van der Waals surface area contributed by atoms with Crippen LogP contribution < -0.4 is 0 Å². The molecule has 0 unspecified atom stereocenters. The Hall–Kier alpha value is -1.29. The summed E-state index contributed by atoms with van der Waals surface area (Å²) in [5.74, 6) is -0.882. The lowest BCUT2D eigenvalue weighted by Gasteiger charge is -1.98. The van der Waals surface area contributed by atoms with Crippen LogP contribution in [-0.2, 0) is 17.8 Å². The van der Waals surface area contributed by atoms with Crippen LogP contribution in [0.25, 0.3) is 0 Å². The molecule has 1 heterocycles. The van der Waals surface area contributed by atoms with Gasteiger partial charge in [0.25, 0.3) is 0 Å². The first-order valence-corrected chi connectivity index (χ1v) is 3.63. The summed E-state index contributed by atoms with van der Waals surface area (Å²) in [5.41, 5.74) is 2.15. The highest BCUT2D eigenvalue weighted by atomic mass is 16.4. The van der Waals surface area contributed by atoms with Gasteiger partial charge in [0.2, 0.25) is 0 Å². The molecule has 0 atom stereocenters. The van der Waals surface area contributed by atoms with Gasteiger partial charge < -0.3 is 15.2 Å². The number of H-pyrrole nitrogens is 1. The van der Waals surface area contributed by atoms with Gasteiger partial charge in [-0.2, -0.15) is 0 Å². The number of nitrogens with one attached hydrogen (secondary N) is 1. The lowest BCUT2D eigenvalue weighted by Crippen LogP contribution is -2.03. The highest BCUT2D eigenvalue weighted by Crippen LogP contribution is 2.13. The van der Waals surface area contributed by atoms with E-state index in [0.29, 0.717) is 11.3 Å². The maximum absolute atomic E-state index is 10.4. The molecule has 1 rings (SSSR count). The van der Waals surface area contributed by atoms with Crippen molar-refractivity contribution in [2.45, 2.75) is 20.0 Å². The van der Waals surface area contributed by atoms with Gasteiger partial charge in [0.1, 0.15) is 0 Å². The van der Waals surface area contributed by atoms with E-state index in [4.69, 9.17) is 10.2 Å². The molecule has 4 nitrogen and oxygen atoms in total. The van der Waals surface area contributed by atoms with Crippen LogP contribution in [0.15, 0.2) is 6.20 Å². The molecular weight excluding hydrogens is 158 g/mol. The number of carboxylic acids is 1. The number of aliphatic hydroxyl groups excluding tert-OH is 1. The van der Waals surface area contributed by atoms with Gasteiger partial charge in [-0.25, -0.2) is 0 Å². The predicted octanol–water partition coefficient (Wildman–Crippen LogP) is 0.443. The van der Waals surface area contributed by atoms with Crippen molar-refractivity contribution >= 4 is 5.97 Å². The second kappa shape index (κ2) is 3.40. The van der Waals surface area contributed by atoms with E-state index in [9.17, 15) is 4.79 Å². The molecule has 0 spiro atoms. The van der Waals surface area contributed by atoms with Crippen LogP contribution in [0.5, 0.6) is 0 Å². The van der Waals surface area contributed by atoms with Crippen LogP contribution in [0.2, 0.25) is 0 Å². The van der Waals surface area contributed by atoms with Crippen molar-refractivity contribution in [1.29, 1.82) is 0 Å². The molecule has 0 radical (unpaired) electrons. The zero-order chi connectivity index (χ0) is 9.14. The minimum atomic E-state index is -0.882. The van der Waals surface area contributed by atoms with E-state index in [1.54, 1.807) is 6.20 Å². The molecule has 1 aromatic rings. The Morgan fingerprint density at radius 3 is 2.83 bits per heavy atom. The number of aromatic nitrogens is 1. The zero-order valence-corrected chi connectivity index (χ0v) is 6.79. The summed E-state index contributed by atoms with van der Waals surface area (Å²) in [7, 11) is 0. The van der Waals surface area contributed by atoms with Gasteiger partial charge in [-0.3, -0.25) is 4.79 Å². The van der Waals surface area contributed by atoms with Crippen LogP contribution in [-0.4, -0.2) is 21.2 Å². The first-order chi connectivity index (χ1) is 5.65. The zero-order valence-electron chi connectivity index (χ0n) is 6.79. The Bertz CT molecular complexity index is 290. The molecule has 0 bridgehead atoms. The summed E-state index contributed by atoms with van der Waals surface area (Å²) >= 11 is 0. The maximum atomic E-state index is 10.4. The largest absolute Gasteiger partial charge is 0.481 e. The summed E-state index contributed by atoms with van der Waals surface area (Å²) < 4.78 is 0. The molecule has 0 saturated heterocycles. The van der Waals surface area contributed by atoms with Crippen molar-refractivity contribution in [2.75, 3.05) is 0 Å². The van der Waals surface area contributed by atoms with Crippen LogP contribution in [0.3, 0.4) is 0 Å². The number of rotatable bonds is 3. The van der Waals surface area contributed by atoms with Gasteiger partial charge in [-0.05, 0) is 18.1 Å². The van der Waals surface area contributed by atoms with Crippen molar-refractivity contribution in [3.05, 3.63) is 23.0 Å². The average Bonchev–Trinajstić information content (AvgIpc) is 2.32. The van der Waals surface area contributed by atoms with Crippen molar-refractivity contribution in [2.24, 2.45) is 0 Å². The Morgan fingerprint density at radius 2 is 2.33 bits per heavy atom. The van der Waals surface area contributed by atoms with Crippen LogP contribution in [0.4, 0.5) is 0 Å². The fourth-order valence-corrected chi connectivity index (χ4v) is 1.15. The summed E-state index contributed by atoms with van der Waals surface area (Å²) in [4.78, 5) is 13.2. The standard InChI is InChI=1S/C8H11NO3/c1-5-3-9-7(4-10)6(5)2-8(11)12/h3,9-10H,2,4H2,1H3,(H,11,12). The number of aliphatic hydroxyl groups is 1. The van der Waals surface area contributed by atoms with E-state index in [-0.39, 0.29) is 13.0 Å². The summed E-state index contributed by atoms with van der Waals surface area (Å²) in [5, 5.41) is 17.4. The molecule has 12 heavy (non-hydrogen) atoms. The van der Waals surface area contributed by atoms with Gasteiger partial charge in [0.15, 0.2) is 0 Å². The van der Waals surface area contributed by atoms with E-state index < -0.39 is 5.97 Å². The highest BCUT2D eigenvalue weighted by molar-refractivity contribution is 5.71. The number of hydrogen-bond acceptors (Lipinski definition) is 2. The topological polar surface area (TPSA) is 73.3 Å². The number of hydrogen-bond donors (Lipinski definition) is 3. The number of aliphatic carboxylic acids is 1. The van der Waals surface area contributed by atoms with Gasteiger partial charge in [-0.15, -0.1) is 0 Å². The molecule has 0 aliphatic carbocycles. The SMILES string of the molecule is Cc1c[nH]c(CO)c1CC(=O)O. The Balaban J connectivity index is 2.94. The summed E-state index contributed by atoms with van der Waals surface area (Å²) in [6.07, 6.45) is 1.66. The lowest BCUT2D eigenvalue weighted by molar-refractivity contribution is -0.136. The molecule has 1 aromatic heterocycles. The summed E-state index contributed by atoms with van der Waals surface area (Å²) in [6, 6.07) is 0. The molecule has 4 heteroatoms. The second-order valence-electron chi connectivity index (χ2n) is 2.66. The third kappa shape index (κ3) is 1.65. The maximum Gasteiger partial charge on any atom is 0.307 e. The predicted molar refractivity (Wildman–Crippen MR) is 42.8 cm³/mol.